The molecule has 2 aromatic heterocycles. The average Bonchev–Trinajstić information content (AvgIpc) is 3.42. The van der Waals surface area contributed by atoms with Crippen molar-refractivity contribution in [3.05, 3.63) is 84.3 Å². The lowest BCUT2D eigenvalue weighted by molar-refractivity contribution is 0.0474. The first-order valence-electron chi connectivity index (χ1n) is 13.2. The molecule has 2 aliphatic rings. The summed E-state index contributed by atoms with van der Waals surface area (Å²) in [4.78, 5) is 34.4. The fourth-order valence-corrected chi connectivity index (χ4v) is 4.65. The number of aliphatic hydroxyl groups excluding tert-OH is 1. The number of amides is 3. The highest BCUT2D eigenvalue weighted by atomic mass is 16.5. The molecule has 0 spiro atoms. The Balaban J connectivity index is 1.18. The largest absolute Gasteiger partial charge is 0.457 e. The zero-order valence-electron chi connectivity index (χ0n) is 22.1. The van der Waals surface area contributed by atoms with Crippen LogP contribution in [0.2, 0.25) is 0 Å². The number of aromatic nitrogens is 2. The Labute approximate surface area is 227 Å². The van der Waals surface area contributed by atoms with E-state index >= 15 is 0 Å². The maximum atomic E-state index is 12.8. The van der Waals surface area contributed by atoms with Crippen LogP contribution in [0.3, 0.4) is 0 Å². The normalized spacial score (nSPS) is 20.7. The van der Waals surface area contributed by atoms with Gasteiger partial charge < -0.3 is 30.4 Å². The molecule has 202 valence electrons. The number of carbonyl (C=O) groups excluding carboxylic acids is 2. The van der Waals surface area contributed by atoms with Crippen molar-refractivity contribution in [1.29, 1.82) is 0 Å². The number of benzene rings is 1. The fourth-order valence-electron chi connectivity index (χ4n) is 4.65. The van der Waals surface area contributed by atoms with Gasteiger partial charge in [0.05, 0.1) is 23.1 Å². The van der Waals surface area contributed by atoms with Crippen molar-refractivity contribution >= 4 is 17.6 Å². The summed E-state index contributed by atoms with van der Waals surface area (Å²) < 4.78 is 6.00. The van der Waals surface area contributed by atoms with E-state index in [0.29, 0.717) is 59.1 Å². The molecule has 39 heavy (non-hydrogen) atoms. The second kappa shape index (κ2) is 11.6. The molecule has 0 radical (unpaired) electrons. The van der Waals surface area contributed by atoms with Crippen molar-refractivity contribution in [2.75, 3.05) is 18.4 Å². The molecule has 0 bridgehead atoms. The van der Waals surface area contributed by atoms with Gasteiger partial charge >= 0.3 is 6.03 Å². The second-order valence-corrected chi connectivity index (χ2v) is 10.1. The van der Waals surface area contributed by atoms with Crippen LogP contribution in [-0.4, -0.2) is 51.1 Å². The van der Waals surface area contributed by atoms with Crippen molar-refractivity contribution in [1.82, 2.24) is 20.2 Å². The maximum absolute atomic E-state index is 12.8. The third-order valence-corrected chi connectivity index (χ3v) is 7.08. The Bertz CT molecular complexity index is 1390. The predicted molar refractivity (Wildman–Crippen MR) is 149 cm³/mol. The molecular formula is C30H33N5O4. The summed E-state index contributed by atoms with van der Waals surface area (Å²) in [6.07, 6.45) is 10.4. The van der Waals surface area contributed by atoms with Gasteiger partial charge in [-0.05, 0) is 67.2 Å². The highest BCUT2D eigenvalue weighted by Crippen LogP contribution is 2.27. The highest BCUT2D eigenvalue weighted by molar-refractivity contribution is 5.95. The SMILES string of the molecule is CC1C=CC(NC(=O)Nc2ccc(Oc3ccnc(-c4cc(C(=O)N5CCC[C@@H](O)C5)c[nH]4)c3)cc2)=CC1C. The van der Waals surface area contributed by atoms with Gasteiger partial charge in [0, 0.05) is 42.9 Å². The van der Waals surface area contributed by atoms with Crippen LogP contribution in [0, 0.1) is 11.8 Å². The molecule has 5 rings (SSSR count). The zero-order valence-corrected chi connectivity index (χ0v) is 22.1. The number of carbonyl (C=O) groups is 2. The van der Waals surface area contributed by atoms with Crippen LogP contribution in [0.4, 0.5) is 10.5 Å². The number of allylic oxidation sites excluding steroid dienone is 3. The van der Waals surface area contributed by atoms with Crippen molar-refractivity contribution in [3.8, 4) is 22.9 Å². The predicted octanol–water partition coefficient (Wildman–Crippen LogP) is 5.31. The number of likely N-dealkylation sites (tertiary alicyclic amines) is 1. The second-order valence-electron chi connectivity index (χ2n) is 10.1. The van der Waals surface area contributed by atoms with Crippen molar-refractivity contribution < 1.29 is 19.4 Å². The maximum Gasteiger partial charge on any atom is 0.323 e. The summed E-state index contributed by atoms with van der Waals surface area (Å²) in [6.45, 7) is 5.27. The van der Waals surface area contributed by atoms with Gasteiger partial charge in [0.25, 0.3) is 5.91 Å². The number of H-pyrrole nitrogens is 1. The minimum Gasteiger partial charge on any atom is -0.457 e. The number of aromatic amines is 1. The number of aliphatic hydroxyl groups is 1. The number of hydrogen-bond acceptors (Lipinski definition) is 5. The number of urea groups is 1. The van der Waals surface area contributed by atoms with Crippen molar-refractivity contribution in [2.24, 2.45) is 11.8 Å². The summed E-state index contributed by atoms with van der Waals surface area (Å²) in [5, 5.41) is 15.6. The van der Waals surface area contributed by atoms with Crippen molar-refractivity contribution in [3.63, 3.8) is 0 Å². The van der Waals surface area contributed by atoms with Gasteiger partial charge in [0.2, 0.25) is 0 Å². The van der Waals surface area contributed by atoms with Gasteiger partial charge in [-0.3, -0.25) is 9.78 Å². The molecule has 3 amide bonds. The van der Waals surface area contributed by atoms with Gasteiger partial charge in [-0.1, -0.05) is 26.0 Å². The monoisotopic (exact) mass is 527 g/mol. The molecule has 1 fully saturated rings. The molecule has 2 unspecified atom stereocenters. The quantitative estimate of drug-likeness (QED) is 0.346. The average molecular weight is 528 g/mol. The van der Waals surface area contributed by atoms with E-state index in [9.17, 15) is 14.7 Å². The highest BCUT2D eigenvalue weighted by Gasteiger charge is 2.24. The number of hydrogen-bond donors (Lipinski definition) is 4. The molecule has 1 aliphatic carbocycles. The van der Waals surface area contributed by atoms with Crippen LogP contribution >= 0.6 is 0 Å². The molecule has 3 heterocycles. The Morgan fingerprint density at radius 1 is 1.08 bits per heavy atom. The Hall–Kier alpha value is -4.37. The minimum atomic E-state index is -0.469. The summed E-state index contributed by atoms with van der Waals surface area (Å²) >= 11 is 0. The van der Waals surface area contributed by atoms with Gasteiger partial charge in [-0.25, -0.2) is 4.79 Å². The Morgan fingerprint density at radius 2 is 1.90 bits per heavy atom. The number of pyridine rings is 1. The smallest absolute Gasteiger partial charge is 0.323 e. The summed E-state index contributed by atoms with van der Waals surface area (Å²) in [6, 6.07) is 12.1. The van der Waals surface area contributed by atoms with E-state index in [1.165, 1.54) is 0 Å². The molecule has 3 aromatic rings. The molecule has 1 aliphatic heterocycles. The first-order chi connectivity index (χ1) is 18.8. The van der Waals surface area contributed by atoms with E-state index < -0.39 is 6.10 Å². The number of piperidine rings is 1. The summed E-state index contributed by atoms with van der Waals surface area (Å²) in [5.41, 5.74) is 3.28. The van der Waals surface area contributed by atoms with E-state index in [2.05, 4.69) is 46.6 Å². The topological polar surface area (TPSA) is 120 Å². The molecule has 9 nitrogen and oxygen atoms in total. The number of β-amino-alcohol motifs (C(OH)–C–C–N with tert-alkyl or cyclic N) is 1. The number of rotatable bonds is 6. The van der Waals surface area contributed by atoms with E-state index in [1.807, 2.05) is 6.08 Å². The minimum absolute atomic E-state index is 0.109. The molecule has 9 heteroatoms. The molecular weight excluding hydrogens is 494 g/mol. The van der Waals surface area contributed by atoms with Crippen LogP contribution in [0.25, 0.3) is 11.4 Å². The van der Waals surface area contributed by atoms with Gasteiger partial charge in [-0.15, -0.1) is 0 Å². The molecule has 4 N–H and O–H groups in total. The van der Waals surface area contributed by atoms with Crippen LogP contribution in [0.15, 0.2) is 78.8 Å². The number of nitrogens with one attached hydrogen (secondary N) is 3. The van der Waals surface area contributed by atoms with Gasteiger partial charge in [0.15, 0.2) is 0 Å². The van der Waals surface area contributed by atoms with E-state index in [4.69, 9.17) is 4.74 Å². The lowest BCUT2D eigenvalue weighted by Crippen LogP contribution is -2.42. The van der Waals surface area contributed by atoms with Crippen LogP contribution in [0.1, 0.15) is 37.0 Å². The molecule has 1 saturated heterocycles. The first-order valence-corrected chi connectivity index (χ1v) is 13.2. The Morgan fingerprint density at radius 3 is 2.67 bits per heavy atom. The van der Waals surface area contributed by atoms with Gasteiger partial charge in [0.1, 0.15) is 11.5 Å². The van der Waals surface area contributed by atoms with E-state index in [0.717, 1.165) is 18.5 Å². The Kier molecular flexibility index (Phi) is 7.79. The standard InChI is InChI=1S/C30H33N5O4/c1-19-5-6-23(14-20(19)2)34-30(38)33-22-7-9-25(10-8-22)39-26-11-12-31-28(16-26)27-15-21(17-32-27)29(37)35-13-3-4-24(36)18-35/h5-12,14-17,19-20,24,32,36H,3-4,13,18H2,1-2H3,(H2,33,34,38)/t19?,20?,24-/m1/s1. The third kappa shape index (κ3) is 6.56. The van der Waals surface area contributed by atoms with Gasteiger partial charge in [-0.2, -0.15) is 0 Å². The number of nitrogens with zero attached hydrogens (tertiary/aromatic N) is 2. The number of anilines is 1. The first kappa shape index (κ1) is 26.2. The third-order valence-electron chi connectivity index (χ3n) is 7.08. The fraction of sp³-hybridized carbons (Fsp3) is 0.300. The van der Waals surface area contributed by atoms with Crippen LogP contribution in [-0.2, 0) is 0 Å². The molecule has 1 aromatic carbocycles. The van der Waals surface area contributed by atoms with Crippen LogP contribution < -0.4 is 15.4 Å². The van der Waals surface area contributed by atoms with Crippen molar-refractivity contribution in [2.45, 2.75) is 32.8 Å². The lowest BCUT2D eigenvalue weighted by atomic mass is 9.91. The molecule has 3 atom stereocenters. The van der Waals surface area contributed by atoms with E-state index in [-0.39, 0.29) is 11.9 Å². The lowest BCUT2D eigenvalue weighted by Gasteiger charge is -2.29. The van der Waals surface area contributed by atoms with E-state index in [1.54, 1.807) is 59.8 Å². The number of ether oxygens (including phenoxy) is 1. The zero-order chi connectivity index (χ0) is 27.4. The summed E-state index contributed by atoms with van der Waals surface area (Å²) in [7, 11) is 0. The molecule has 0 saturated carbocycles. The van der Waals surface area contributed by atoms with Crippen LogP contribution in [0.5, 0.6) is 11.5 Å². The summed E-state index contributed by atoms with van der Waals surface area (Å²) in [5.74, 6) is 1.89.